The Balaban J connectivity index is 2.67. The van der Waals surface area contributed by atoms with Crippen LogP contribution < -0.4 is 0 Å². The first-order valence-corrected chi connectivity index (χ1v) is 6.10. The third kappa shape index (κ3) is 3.73. The van der Waals surface area contributed by atoms with E-state index in [4.69, 9.17) is 4.74 Å². The molecule has 0 aliphatic carbocycles. The van der Waals surface area contributed by atoms with Crippen LogP contribution in [0.4, 0.5) is 4.79 Å². The summed E-state index contributed by atoms with van der Waals surface area (Å²) in [4.78, 5) is 13.6. The predicted molar refractivity (Wildman–Crippen MR) is 66.5 cm³/mol. The van der Waals surface area contributed by atoms with Gasteiger partial charge < -0.3 is 9.84 Å². The molecule has 98 valence electrons. The van der Waals surface area contributed by atoms with Crippen LogP contribution in [0.1, 0.15) is 47.5 Å². The topological polar surface area (TPSA) is 49.8 Å². The maximum Gasteiger partial charge on any atom is 0.414 e. The van der Waals surface area contributed by atoms with Crippen molar-refractivity contribution in [2.75, 3.05) is 0 Å². The molecule has 17 heavy (non-hydrogen) atoms. The number of nitrogens with zero attached hydrogens (tertiary/aromatic N) is 1. The second-order valence-corrected chi connectivity index (χ2v) is 5.57. The largest absolute Gasteiger partial charge is 0.443 e. The zero-order chi connectivity index (χ0) is 13.2. The van der Waals surface area contributed by atoms with Crippen molar-refractivity contribution in [2.24, 2.45) is 0 Å². The number of aliphatic hydroxyl groups excluding tert-OH is 1. The SMILES string of the molecule is C/C=C1\CC(CC(C)O)N1C(=O)OC(C)(C)C. The molecule has 0 radical (unpaired) electrons. The van der Waals surface area contributed by atoms with Gasteiger partial charge in [-0.25, -0.2) is 4.79 Å². The number of hydrogen-bond acceptors (Lipinski definition) is 3. The van der Waals surface area contributed by atoms with Gasteiger partial charge >= 0.3 is 6.09 Å². The van der Waals surface area contributed by atoms with Crippen molar-refractivity contribution in [3.8, 4) is 0 Å². The van der Waals surface area contributed by atoms with Crippen LogP contribution in [0.5, 0.6) is 0 Å². The third-order valence-electron chi connectivity index (χ3n) is 2.66. The molecule has 1 amide bonds. The number of allylic oxidation sites excluding steroid dienone is 1. The Morgan fingerprint density at radius 2 is 2.24 bits per heavy atom. The minimum atomic E-state index is -0.485. The van der Waals surface area contributed by atoms with E-state index in [0.29, 0.717) is 6.42 Å². The highest BCUT2D eigenvalue weighted by Gasteiger charge is 2.39. The second kappa shape index (κ2) is 5.08. The molecule has 1 rings (SSSR count). The Labute approximate surface area is 103 Å². The fraction of sp³-hybridized carbons (Fsp3) is 0.769. The van der Waals surface area contributed by atoms with E-state index in [0.717, 1.165) is 12.1 Å². The average molecular weight is 241 g/mol. The van der Waals surface area contributed by atoms with E-state index in [2.05, 4.69) is 0 Å². The van der Waals surface area contributed by atoms with E-state index < -0.39 is 11.7 Å². The number of hydrogen-bond donors (Lipinski definition) is 1. The van der Waals surface area contributed by atoms with E-state index in [9.17, 15) is 9.90 Å². The summed E-state index contributed by atoms with van der Waals surface area (Å²) in [7, 11) is 0. The minimum Gasteiger partial charge on any atom is -0.443 e. The van der Waals surface area contributed by atoms with Gasteiger partial charge in [-0.3, -0.25) is 4.90 Å². The van der Waals surface area contributed by atoms with Crippen LogP contribution in [-0.2, 0) is 4.74 Å². The summed E-state index contributed by atoms with van der Waals surface area (Å²) in [5.41, 5.74) is 0.492. The van der Waals surface area contributed by atoms with E-state index in [1.54, 1.807) is 11.8 Å². The molecule has 1 aliphatic rings. The van der Waals surface area contributed by atoms with Gasteiger partial charge in [0.05, 0.1) is 6.10 Å². The number of likely N-dealkylation sites (tertiary alicyclic amines) is 1. The van der Waals surface area contributed by atoms with Crippen molar-refractivity contribution < 1.29 is 14.6 Å². The lowest BCUT2D eigenvalue weighted by atomic mass is 9.93. The monoisotopic (exact) mass is 241 g/mol. The average Bonchev–Trinajstić information content (AvgIpc) is 2.07. The Morgan fingerprint density at radius 1 is 1.65 bits per heavy atom. The van der Waals surface area contributed by atoms with Gasteiger partial charge in [-0.15, -0.1) is 0 Å². The Bertz CT molecular complexity index is 315. The normalized spacial score (nSPS) is 24.5. The highest BCUT2D eigenvalue weighted by atomic mass is 16.6. The van der Waals surface area contributed by atoms with E-state index in [-0.39, 0.29) is 12.1 Å². The molecule has 0 aromatic heterocycles. The highest BCUT2D eigenvalue weighted by Crippen LogP contribution is 2.33. The Morgan fingerprint density at radius 3 is 2.65 bits per heavy atom. The summed E-state index contributed by atoms with van der Waals surface area (Å²) in [6.07, 6.45) is 2.63. The molecule has 0 aromatic carbocycles. The van der Waals surface area contributed by atoms with Crippen molar-refractivity contribution >= 4 is 6.09 Å². The first kappa shape index (κ1) is 14.0. The summed E-state index contributed by atoms with van der Waals surface area (Å²) >= 11 is 0. The first-order valence-electron chi connectivity index (χ1n) is 6.10. The lowest BCUT2D eigenvalue weighted by molar-refractivity contribution is 0.00353. The lowest BCUT2D eigenvalue weighted by Crippen LogP contribution is -2.51. The summed E-state index contributed by atoms with van der Waals surface area (Å²) in [6, 6.07) is 0.0658. The molecule has 2 unspecified atom stereocenters. The molecule has 4 heteroatoms. The van der Waals surface area contributed by atoms with Crippen LogP contribution >= 0.6 is 0 Å². The Hall–Kier alpha value is -1.03. The number of carbonyl (C=O) groups excluding carboxylic acids is 1. The van der Waals surface area contributed by atoms with Crippen LogP contribution in [0.3, 0.4) is 0 Å². The number of aliphatic hydroxyl groups is 1. The molecule has 4 nitrogen and oxygen atoms in total. The van der Waals surface area contributed by atoms with Crippen LogP contribution in [0.25, 0.3) is 0 Å². The quantitative estimate of drug-likeness (QED) is 0.808. The summed E-state index contributed by atoms with van der Waals surface area (Å²) in [6.45, 7) is 9.20. The van der Waals surface area contributed by atoms with Gasteiger partial charge in [0, 0.05) is 18.2 Å². The molecule has 1 N–H and O–H groups in total. The van der Waals surface area contributed by atoms with Gasteiger partial charge in [0.2, 0.25) is 0 Å². The van der Waals surface area contributed by atoms with Gasteiger partial charge in [-0.1, -0.05) is 6.08 Å². The first-order chi connectivity index (χ1) is 7.74. The highest BCUT2D eigenvalue weighted by molar-refractivity contribution is 5.72. The molecule has 0 saturated carbocycles. The minimum absolute atomic E-state index is 0.0658. The molecule has 0 bridgehead atoms. The van der Waals surface area contributed by atoms with Gasteiger partial charge in [-0.2, -0.15) is 0 Å². The van der Waals surface area contributed by atoms with Gasteiger partial charge in [0.15, 0.2) is 0 Å². The van der Waals surface area contributed by atoms with Crippen molar-refractivity contribution in [3.05, 3.63) is 11.8 Å². The van der Waals surface area contributed by atoms with Crippen molar-refractivity contribution in [3.63, 3.8) is 0 Å². The van der Waals surface area contributed by atoms with E-state index in [1.165, 1.54) is 0 Å². The van der Waals surface area contributed by atoms with E-state index in [1.807, 2.05) is 33.8 Å². The standard InChI is InChI=1S/C13H23NO3/c1-6-10-8-11(7-9(2)15)14(10)12(16)17-13(3,4)5/h6,9,11,15H,7-8H2,1-5H3/b10-6+. The van der Waals surface area contributed by atoms with E-state index >= 15 is 0 Å². The van der Waals surface area contributed by atoms with Gasteiger partial charge in [-0.05, 0) is 41.0 Å². The third-order valence-corrected chi connectivity index (χ3v) is 2.66. The summed E-state index contributed by atoms with van der Waals surface area (Å²) in [5.74, 6) is 0. The van der Waals surface area contributed by atoms with Crippen LogP contribution in [0.2, 0.25) is 0 Å². The molecule has 0 aromatic rings. The number of carbonyl (C=O) groups is 1. The fourth-order valence-corrected chi connectivity index (χ4v) is 1.97. The predicted octanol–water partition coefficient (Wildman–Crippen LogP) is 2.67. The smallest absolute Gasteiger partial charge is 0.414 e. The molecule has 1 heterocycles. The lowest BCUT2D eigenvalue weighted by Gasteiger charge is -2.44. The molecule has 1 aliphatic heterocycles. The molecular formula is C13H23NO3. The number of amides is 1. The van der Waals surface area contributed by atoms with Crippen LogP contribution in [0.15, 0.2) is 11.8 Å². The summed E-state index contributed by atoms with van der Waals surface area (Å²) in [5, 5.41) is 9.38. The molecule has 0 spiro atoms. The van der Waals surface area contributed by atoms with Crippen molar-refractivity contribution in [1.29, 1.82) is 0 Å². The maximum atomic E-state index is 12.0. The zero-order valence-electron chi connectivity index (χ0n) is 11.4. The van der Waals surface area contributed by atoms with Crippen molar-refractivity contribution in [2.45, 2.75) is 65.2 Å². The zero-order valence-corrected chi connectivity index (χ0v) is 11.4. The molecule has 1 saturated heterocycles. The molecule has 1 fully saturated rings. The number of rotatable bonds is 2. The Kier molecular flexibility index (Phi) is 4.20. The second-order valence-electron chi connectivity index (χ2n) is 5.57. The van der Waals surface area contributed by atoms with Crippen LogP contribution in [-0.4, -0.2) is 33.8 Å². The molecule has 2 atom stereocenters. The molecular weight excluding hydrogens is 218 g/mol. The van der Waals surface area contributed by atoms with Crippen LogP contribution in [0, 0.1) is 0 Å². The maximum absolute atomic E-state index is 12.0. The van der Waals surface area contributed by atoms with Crippen molar-refractivity contribution in [1.82, 2.24) is 4.90 Å². The number of ether oxygens (including phenoxy) is 1. The fourth-order valence-electron chi connectivity index (χ4n) is 1.97. The summed E-state index contributed by atoms with van der Waals surface area (Å²) < 4.78 is 5.35. The van der Waals surface area contributed by atoms with Gasteiger partial charge in [0.25, 0.3) is 0 Å². The van der Waals surface area contributed by atoms with Gasteiger partial charge in [0.1, 0.15) is 5.60 Å².